The zero-order valence-electron chi connectivity index (χ0n) is 12.6. The number of carbonyl (C=O) groups is 2. The molecule has 0 saturated heterocycles. The van der Waals surface area contributed by atoms with E-state index in [0.29, 0.717) is 22.4 Å². The minimum Gasteiger partial charge on any atom is -0.496 e. The van der Waals surface area contributed by atoms with Gasteiger partial charge in [-0.3, -0.25) is 0 Å². The number of rotatable bonds is 4. The van der Waals surface area contributed by atoms with Gasteiger partial charge in [0.2, 0.25) is 0 Å². The highest BCUT2D eigenvalue weighted by Gasteiger charge is 2.22. The van der Waals surface area contributed by atoms with Gasteiger partial charge in [0.25, 0.3) is 0 Å². The van der Waals surface area contributed by atoms with Crippen LogP contribution in [-0.2, 0) is 9.47 Å². The molecule has 0 aliphatic carbocycles. The summed E-state index contributed by atoms with van der Waals surface area (Å²) >= 11 is 0. The SMILES string of the molecule is COC(=O)c1cc(C(=O)OC)c2c(OC)ccc(OC)c2n1. The Labute approximate surface area is 126 Å². The quantitative estimate of drug-likeness (QED) is 0.797. The fraction of sp³-hybridized carbons (Fsp3) is 0.267. The molecule has 0 unspecified atom stereocenters. The Morgan fingerprint density at radius 1 is 0.909 bits per heavy atom. The van der Waals surface area contributed by atoms with Gasteiger partial charge in [0.1, 0.15) is 22.7 Å². The van der Waals surface area contributed by atoms with Crippen molar-refractivity contribution in [2.75, 3.05) is 28.4 Å². The number of pyridine rings is 1. The van der Waals surface area contributed by atoms with Crippen molar-refractivity contribution in [1.82, 2.24) is 4.98 Å². The number of hydrogen-bond acceptors (Lipinski definition) is 7. The fourth-order valence-electron chi connectivity index (χ4n) is 2.10. The van der Waals surface area contributed by atoms with Gasteiger partial charge in [-0.05, 0) is 18.2 Å². The van der Waals surface area contributed by atoms with Crippen LogP contribution in [-0.4, -0.2) is 45.4 Å². The van der Waals surface area contributed by atoms with E-state index in [-0.39, 0.29) is 11.3 Å². The van der Waals surface area contributed by atoms with E-state index in [4.69, 9.17) is 14.2 Å². The second kappa shape index (κ2) is 6.30. The summed E-state index contributed by atoms with van der Waals surface area (Å²) in [4.78, 5) is 28.0. The van der Waals surface area contributed by atoms with Crippen molar-refractivity contribution in [3.8, 4) is 11.5 Å². The van der Waals surface area contributed by atoms with E-state index in [9.17, 15) is 9.59 Å². The van der Waals surface area contributed by atoms with Crippen LogP contribution in [0.5, 0.6) is 11.5 Å². The average Bonchev–Trinajstić information content (AvgIpc) is 2.58. The normalized spacial score (nSPS) is 10.2. The monoisotopic (exact) mass is 305 g/mol. The molecule has 0 fully saturated rings. The van der Waals surface area contributed by atoms with Crippen LogP contribution in [0.2, 0.25) is 0 Å². The molecule has 0 radical (unpaired) electrons. The molecule has 7 heteroatoms. The number of esters is 2. The first kappa shape index (κ1) is 15.6. The van der Waals surface area contributed by atoms with E-state index in [1.54, 1.807) is 12.1 Å². The van der Waals surface area contributed by atoms with Gasteiger partial charge >= 0.3 is 11.9 Å². The Morgan fingerprint density at radius 3 is 2.05 bits per heavy atom. The van der Waals surface area contributed by atoms with Crippen LogP contribution in [0.25, 0.3) is 10.9 Å². The molecule has 0 spiro atoms. The van der Waals surface area contributed by atoms with Crippen molar-refractivity contribution < 1.29 is 28.5 Å². The highest BCUT2D eigenvalue weighted by atomic mass is 16.5. The van der Waals surface area contributed by atoms with Crippen molar-refractivity contribution in [3.63, 3.8) is 0 Å². The summed E-state index contributed by atoms with van der Waals surface area (Å²) in [6.07, 6.45) is 0. The largest absolute Gasteiger partial charge is 0.496 e. The predicted octanol–water partition coefficient (Wildman–Crippen LogP) is 1.83. The van der Waals surface area contributed by atoms with Crippen LogP contribution in [0.1, 0.15) is 20.8 Å². The number of benzene rings is 1. The molecule has 1 aromatic heterocycles. The molecular weight excluding hydrogens is 290 g/mol. The zero-order valence-corrected chi connectivity index (χ0v) is 12.6. The Kier molecular flexibility index (Phi) is 4.45. The molecule has 2 rings (SSSR count). The second-order valence-corrected chi connectivity index (χ2v) is 4.23. The molecule has 0 N–H and O–H groups in total. The summed E-state index contributed by atoms with van der Waals surface area (Å²) < 4.78 is 19.9. The van der Waals surface area contributed by atoms with Crippen LogP contribution < -0.4 is 9.47 Å². The van der Waals surface area contributed by atoms with Gasteiger partial charge in [0.15, 0.2) is 0 Å². The summed E-state index contributed by atoms with van der Waals surface area (Å²) in [6, 6.07) is 4.59. The van der Waals surface area contributed by atoms with Crippen molar-refractivity contribution in [1.29, 1.82) is 0 Å². The van der Waals surface area contributed by atoms with E-state index in [2.05, 4.69) is 9.72 Å². The van der Waals surface area contributed by atoms with Crippen LogP contribution in [0, 0.1) is 0 Å². The minimum atomic E-state index is -0.670. The Balaban J connectivity index is 2.92. The van der Waals surface area contributed by atoms with Crippen LogP contribution >= 0.6 is 0 Å². The number of hydrogen-bond donors (Lipinski definition) is 0. The summed E-state index contributed by atoms with van der Waals surface area (Å²) in [6.45, 7) is 0. The third-order valence-electron chi connectivity index (χ3n) is 3.12. The van der Waals surface area contributed by atoms with Crippen LogP contribution in [0.3, 0.4) is 0 Å². The topological polar surface area (TPSA) is 84.0 Å². The third-order valence-corrected chi connectivity index (χ3v) is 3.12. The van der Waals surface area contributed by atoms with Gasteiger partial charge in [0, 0.05) is 0 Å². The summed E-state index contributed by atoms with van der Waals surface area (Å²) in [5.41, 5.74) is 0.427. The van der Waals surface area contributed by atoms with Gasteiger partial charge in [0.05, 0.1) is 39.4 Å². The fourth-order valence-corrected chi connectivity index (χ4v) is 2.10. The lowest BCUT2D eigenvalue weighted by Gasteiger charge is -2.13. The molecule has 0 saturated carbocycles. The molecule has 0 aliphatic heterocycles. The highest BCUT2D eigenvalue weighted by molar-refractivity contribution is 6.09. The lowest BCUT2D eigenvalue weighted by atomic mass is 10.1. The van der Waals surface area contributed by atoms with E-state index >= 15 is 0 Å². The zero-order chi connectivity index (χ0) is 16.3. The van der Waals surface area contributed by atoms with Crippen molar-refractivity contribution >= 4 is 22.8 Å². The molecule has 116 valence electrons. The van der Waals surface area contributed by atoms with E-state index in [1.165, 1.54) is 34.5 Å². The van der Waals surface area contributed by atoms with Gasteiger partial charge in [-0.15, -0.1) is 0 Å². The molecule has 0 aliphatic rings. The number of fused-ring (bicyclic) bond motifs is 1. The van der Waals surface area contributed by atoms with Gasteiger partial charge < -0.3 is 18.9 Å². The maximum absolute atomic E-state index is 12.1. The summed E-state index contributed by atoms with van der Waals surface area (Å²) in [5, 5.41) is 0.404. The molecule has 7 nitrogen and oxygen atoms in total. The molecule has 2 aromatic rings. The number of ether oxygens (including phenoxy) is 4. The molecule has 1 heterocycles. The maximum atomic E-state index is 12.1. The Hall–Kier alpha value is -2.83. The highest BCUT2D eigenvalue weighted by Crippen LogP contribution is 2.35. The van der Waals surface area contributed by atoms with E-state index in [0.717, 1.165) is 0 Å². The molecule has 0 atom stereocenters. The first-order valence-electron chi connectivity index (χ1n) is 6.29. The van der Waals surface area contributed by atoms with Crippen LogP contribution in [0.4, 0.5) is 0 Å². The lowest BCUT2D eigenvalue weighted by Crippen LogP contribution is -2.10. The maximum Gasteiger partial charge on any atom is 0.356 e. The van der Waals surface area contributed by atoms with Crippen molar-refractivity contribution in [2.24, 2.45) is 0 Å². The Morgan fingerprint density at radius 2 is 1.50 bits per heavy atom. The van der Waals surface area contributed by atoms with Gasteiger partial charge in [-0.2, -0.15) is 0 Å². The van der Waals surface area contributed by atoms with Crippen molar-refractivity contribution in [2.45, 2.75) is 0 Å². The first-order valence-corrected chi connectivity index (χ1v) is 6.29. The molecule has 0 amide bonds. The molecule has 0 bridgehead atoms. The number of nitrogens with zero attached hydrogens (tertiary/aromatic N) is 1. The number of aromatic nitrogens is 1. The van der Waals surface area contributed by atoms with Gasteiger partial charge in [-0.1, -0.05) is 0 Å². The standard InChI is InChI=1S/C15H15NO6/c1-19-10-5-6-11(20-2)13-12(10)8(14(17)21-3)7-9(16-13)15(18)22-4/h5-7H,1-4H3. The number of carbonyl (C=O) groups excluding carboxylic acids is 2. The molecular formula is C15H15NO6. The molecule has 1 aromatic carbocycles. The predicted molar refractivity (Wildman–Crippen MR) is 77.5 cm³/mol. The third kappa shape index (κ3) is 2.52. The smallest absolute Gasteiger partial charge is 0.356 e. The average molecular weight is 305 g/mol. The van der Waals surface area contributed by atoms with Crippen molar-refractivity contribution in [3.05, 3.63) is 29.5 Å². The van der Waals surface area contributed by atoms with Gasteiger partial charge in [-0.25, -0.2) is 14.6 Å². The van der Waals surface area contributed by atoms with E-state index in [1.807, 2.05) is 0 Å². The summed E-state index contributed by atoms with van der Waals surface area (Å²) in [5.74, 6) is -0.479. The molecule has 22 heavy (non-hydrogen) atoms. The van der Waals surface area contributed by atoms with Crippen LogP contribution in [0.15, 0.2) is 18.2 Å². The number of methoxy groups -OCH3 is 4. The minimum absolute atomic E-state index is 0.0260. The second-order valence-electron chi connectivity index (χ2n) is 4.23. The lowest BCUT2D eigenvalue weighted by molar-refractivity contribution is 0.0594. The first-order chi connectivity index (χ1) is 10.6. The van der Waals surface area contributed by atoms with E-state index < -0.39 is 11.9 Å². The summed E-state index contributed by atoms with van der Waals surface area (Å²) in [7, 11) is 5.41. The Bertz CT molecular complexity index is 740.